The van der Waals surface area contributed by atoms with Gasteiger partial charge in [-0.25, -0.2) is 4.79 Å². The highest BCUT2D eigenvalue weighted by Crippen LogP contribution is 2.37. The van der Waals surface area contributed by atoms with E-state index in [0.29, 0.717) is 10.6 Å². The number of anilines is 1. The first kappa shape index (κ1) is 20.8. The first-order chi connectivity index (χ1) is 13.8. The lowest BCUT2D eigenvalue weighted by Crippen LogP contribution is -2.14. The highest BCUT2D eigenvalue weighted by atomic mass is 35.5. The summed E-state index contributed by atoms with van der Waals surface area (Å²) in [5.74, 6) is -1.24. The molecule has 7 nitrogen and oxygen atoms in total. The number of methoxy groups -OCH3 is 1. The molecule has 1 N–H and O–H groups in total. The number of nitro groups is 1. The van der Waals surface area contributed by atoms with Gasteiger partial charge in [-0.1, -0.05) is 35.3 Å². The van der Waals surface area contributed by atoms with Crippen molar-refractivity contribution >= 4 is 57.1 Å². The summed E-state index contributed by atoms with van der Waals surface area (Å²) in [4.78, 5) is 35.2. The van der Waals surface area contributed by atoms with Crippen LogP contribution in [-0.4, -0.2) is 23.9 Å². The van der Waals surface area contributed by atoms with Gasteiger partial charge in [0, 0.05) is 28.1 Å². The lowest BCUT2D eigenvalue weighted by atomic mass is 10.0. The van der Waals surface area contributed by atoms with Crippen molar-refractivity contribution in [2.45, 2.75) is 0 Å². The molecule has 0 unspecified atom stereocenters. The molecule has 0 atom stereocenters. The van der Waals surface area contributed by atoms with Crippen LogP contribution in [0.4, 0.5) is 10.7 Å². The normalized spacial score (nSPS) is 10.4. The minimum absolute atomic E-state index is 0.0366. The monoisotopic (exact) mass is 450 g/mol. The number of hydrogen-bond acceptors (Lipinski definition) is 6. The van der Waals surface area contributed by atoms with Gasteiger partial charge in [-0.2, -0.15) is 0 Å². The number of benzene rings is 2. The number of nitrogens with zero attached hydrogens (tertiary/aromatic N) is 1. The van der Waals surface area contributed by atoms with Crippen molar-refractivity contribution < 1.29 is 19.2 Å². The molecule has 0 aliphatic carbocycles. The zero-order valence-electron chi connectivity index (χ0n) is 14.8. The smallest absolute Gasteiger partial charge is 0.341 e. The summed E-state index contributed by atoms with van der Waals surface area (Å²) in [6, 6.07) is 10.4. The fourth-order valence-electron chi connectivity index (χ4n) is 2.57. The molecule has 10 heteroatoms. The van der Waals surface area contributed by atoms with Gasteiger partial charge in [-0.3, -0.25) is 14.9 Å². The molecule has 29 heavy (non-hydrogen) atoms. The fourth-order valence-corrected chi connectivity index (χ4v) is 3.91. The summed E-state index contributed by atoms with van der Waals surface area (Å²) >= 11 is 13.1. The Kier molecular flexibility index (Phi) is 6.17. The number of amides is 1. The van der Waals surface area contributed by atoms with Crippen LogP contribution in [0.15, 0.2) is 47.8 Å². The molecule has 3 aromatic rings. The van der Waals surface area contributed by atoms with Crippen molar-refractivity contribution in [3.63, 3.8) is 0 Å². The van der Waals surface area contributed by atoms with E-state index in [1.807, 2.05) is 0 Å². The average molecular weight is 451 g/mol. The van der Waals surface area contributed by atoms with Crippen LogP contribution >= 0.6 is 34.5 Å². The lowest BCUT2D eigenvalue weighted by molar-refractivity contribution is -0.384. The summed E-state index contributed by atoms with van der Waals surface area (Å²) in [7, 11) is 1.24. The van der Waals surface area contributed by atoms with Gasteiger partial charge in [0.25, 0.3) is 11.6 Å². The van der Waals surface area contributed by atoms with Crippen molar-refractivity contribution in [1.82, 2.24) is 0 Å². The Balaban J connectivity index is 1.97. The first-order valence-corrected chi connectivity index (χ1v) is 9.66. The third-order valence-electron chi connectivity index (χ3n) is 3.97. The molecule has 0 radical (unpaired) electrons. The third-order valence-corrected chi connectivity index (χ3v) is 5.43. The SMILES string of the molecule is COC(=O)c1c(-c2ccc(Cl)cc2)csc1NC(=O)c1ccc([N+](=O)[O-])cc1Cl. The second-order valence-corrected chi connectivity index (χ2v) is 7.45. The van der Waals surface area contributed by atoms with Crippen molar-refractivity contribution in [3.8, 4) is 11.1 Å². The number of thiophene rings is 1. The maximum atomic E-state index is 12.6. The first-order valence-electron chi connectivity index (χ1n) is 8.03. The van der Waals surface area contributed by atoms with E-state index in [4.69, 9.17) is 27.9 Å². The van der Waals surface area contributed by atoms with Crippen LogP contribution in [0, 0.1) is 10.1 Å². The Morgan fingerprint density at radius 1 is 1.14 bits per heavy atom. The molecule has 0 saturated heterocycles. The average Bonchev–Trinajstić information content (AvgIpc) is 3.11. The molecule has 0 spiro atoms. The molecule has 2 aromatic carbocycles. The van der Waals surface area contributed by atoms with E-state index < -0.39 is 16.8 Å². The lowest BCUT2D eigenvalue weighted by Gasteiger charge is -2.09. The van der Waals surface area contributed by atoms with Gasteiger partial charge in [-0.05, 0) is 23.8 Å². The van der Waals surface area contributed by atoms with E-state index in [2.05, 4.69) is 5.32 Å². The highest BCUT2D eigenvalue weighted by Gasteiger charge is 2.24. The summed E-state index contributed by atoms with van der Waals surface area (Å²) in [6.45, 7) is 0. The van der Waals surface area contributed by atoms with Crippen LogP contribution in [-0.2, 0) is 4.74 Å². The number of esters is 1. The number of carbonyl (C=O) groups is 2. The van der Waals surface area contributed by atoms with Crippen LogP contribution < -0.4 is 5.32 Å². The summed E-state index contributed by atoms with van der Waals surface area (Å²) in [5, 5.41) is 15.9. The molecule has 0 aliphatic rings. The van der Waals surface area contributed by atoms with Crippen LogP contribution in [0.5, 0.6) is 0 Å². The minimum atomic E-state index is -0.624. The Bertz CT molecular complexity index is 1110. The van der Waals surface area contributed by atoms with E-state index in [-0.39, 0.29) is 26.8 Å². The Morgan fingerprint density at radius 2 is 1.83 bits per heavy atom. The van der Waals surface area contributed by atoms with Gasteiger partial charge >= 0.3 is 5.97 Å². The predicted molar refractivity (Wildman–Crippen MR) is 112 cm³/mol. The molecule has 0 saturated carbocycles. The van der Waals surface area contributed by atoms with E-state index in [0.717, 1.165) is 23.0 Å². The maximum absolute atomic E-state index is 12.6. The second-order valence-electron chi connectivity index (χ2n) is 5.73. The number of ether oxygens (including phenoxy) is 1. The maximum Gasteiger partial charge on any atom is 0.341 e. The molecular weight excluding hydrogens is 439 g/mol. The van der Waals surface area contributed by atoms with E-state index in [9.17, 15) is 19.7 Å². The largest absolute Gasteiger partial charge is 0.465 e. The number of non-ortho nitro benzene ring substituents is 1. The summed E-state index contributed by atoms with van der Waals surface area (Å²) < 4.78 is 4.86. The Labute approximate surface area is 179 Å². The predicted octanol–water partition coefficient (Wildman–Crippen LogP) is 5.67. The van der Waals surface area contributed by atoms with E-state index in [1.54, 1.807) is 29.6 Å². The van der Waals surface area contributed by atoms with Crippen LogP contribution in [0.1, 0.15) is 20.7 Å². The minimum Gasteiger partial charge on any atom is -0.465 e. The molecule has 148 valence electrons. The summed E-state index contributed by atoms with van der Waals surface area (Å²) in [6.07, 6.45) is 0. The van der Waals surface area contributed by atoms with E-state index in [1.165, 1.54) is 19.2 Å². The van der Waals surface area contributed by atoms with Crippen LogP contribution in [0.25, 0.3) is 11.1 Å². The molecule has 3 rings (SSSR count). The number of nitrogens with one attached hydrogen (secondary N) is 1. The van der Waals surface area contributed by atoms with Crippen LogP contribution in [0.2, 0.25) is 10.0 Å². The number of rotatable bonds is 5. The number of hydrogen-bond donors (Lipinski definition) is 1. The van der Waals surface area contributed by atoms with Crippen LogP contribution in [0.3, 0.4) is 0 Å². The van der Waals surface area contributed by atoms with E-state index >= 15 is 0 Å². The van der Waals surface area contributed by atoms with Gasteiger partial charge in [-0.15, -0.1) is 11.3 Å². The molecule has 1 amide bonds. The molecular formula is C19H12Cl2N2O5S. The highest BCUT2D eigenvalue weighted by molar-refractivity contribution is 7.15. The zero-order chi connectivity index (χ0) is 21.1. The molecule has 0 fully saturated rings. The Hall–Kier alpha value is -2.94. The van der Waals surface area contributed by atoms with Crippen molar-refractivity contribution in [3.05, 3.63) is 79.1 Å². The van der Waals surface area contributed by atoms with Crippen molar-refractivity contribution in [2.75, 3.05) is 12.4 Å². The molecule has 0 bridgehead atoms. The van der Waals surface area contributed by atoms with Gasteiger partial charge in [0.1, 0.15) is 10.6 Å². The zero-order valence-corrected chi connectivity index (χ0v) is 17.1. The third kappa shape index (κ3) is 4.40. The van der Waals surface area contributed by atoms with Gasteiger partial charge in [0.2, 0.25) is 0 Å². The number of nitro benzene ring substituents is 1. The molecule has 0 aliphatic heterocycles. The van der Waals surface area contributed by atoms with Gasteiger partial charge in [0.05, 0.1) is 22.6 Å². The Morgan fingerprint density at radius 3 is 2.41 bits per heavy atom. The number of halogens is 2. The second kappa shape index (κ2) is 8.60. The van der Waals surface area contributed by atoms with Crippen molar-refractivity contribution in [2.24, 2.45) is 0 Å². The fraction of sp³-hybridized carbons (Fsp3) is 0.0526. The number of carbonyl (C=O) groups excluding carboxylic acids is 2. The molecule has 1 aromatic heterocycles. The van der Waals surface area contributed by atoms with Gasteiger partial charge in [0.15, 0.2) is 0 Å². The van der Waals surface area contributed by atoms with Crippen molar-refractivity contribution in [1.29, 1.82) is 0 Å². The molecule has 1 heterocycles. The summed E-state index contributed by atoms with van der Waals surface area (Å²) in [5.41, 5.74) is 1.28. The van der Waals surface area contributed by atoms with Gasteiger partial charge < -0.3 is 10.1 Å². The topological polar surface area (TPSA) is 98.5 Å². The standard InChI is InChI=1S/C19H12Cl2N2O5S/c1-28-19(25)16-14(10-2-4-11(20)5-3-10)9-29-18(16)22-17(24)13-7-6-12(23(26)27)8-15(13)21/h2-9H,1H3,(H,22,24). The quantitative estimate of drug-likeness (QED) is 0.306.